The molecule has 0 bridgehead atoms. The van der Waals surface area contributed by atoms with E-state index in [1.807, 2.05) is 19.1 Å². The number of benzene rings is 2. The summed E-state index contributed by atoms with van der Waals surface area (Å²) in [4.78, 5) is 0. The summed E-state index contributed by atoms with van der Waals surface area (Å²) in [5, 5.41) is 13.4. The molecule has 0 spiro atoms. The number of anilines is 2. The molecule has 5 heteroatoms. The molecule has 2 aromatic rings. The van der Waals surface area contributed by atoms with Crippen LogP contribution in [0.2, 0.25) is 15.1 Å². The molecule has 96 valence electrons. The molecule has 2 nitrogen and oxygen atoms in total. The molecule has 19 heavy (non-hydrogen) atoms. The van der Waals surface area contributed by atoms with Crippen LogP contribution in [-0.2, 0) is 0 Å². The number of nitriles is 1. The van der Waals surface area contributed by atoms with Crippen LogP contribution >= 0.6 is 34.8 Å². The molecule has 0 heterocycles. The minimum Gasteiger partial charge on any atom is -0.353 e. The van der Waals surface area contributed by atoms with Gasteiger partial charge in [0.2, 0.25) is 0 Å². The topological polar surface area (TPSA) is 35.8 Å². The SMILES string of the molecule is Cc1ccc(Cl)c(Nc2ccc(C#N)c(Cl)c2)c1Cl. The Morgan fingerprint density at radius 2 is 1.79 bits per heavy atom. The number of hydrogen-bond acceptors (Lipinski definition) is 2. The van der Waals surface area contributed by atoms with Gasteiger partial charge >= 0.3 is 0 Å². The maximum atomic E-state index is 8.83. The van der Waals surface area contributed by atoms with Crippen LogP contribution in [0.15, 0.2) is 30.3 Å². The van der Waals surface area contributed by atoms with Gasteiger partial charge in [-0.3, -0.25) is 0 Å². The summed E-state index contributed by atoms with van der Waals surface area (Å²) in [6.07, 6.45) is 0. The molecule has 0 aliphatic carbocycles. The molecule has 1 N–H and O–H groups in total. The van der Waals surface area contributed by atoms with Crippen molar-refractivity contribution in [1.82, 2.24) is 0 Å². The van der Waals surface area contributed by atoms with Crippen molar-refractivity contribution in [2.45, 2.75) is 6.92 Å². The molecule has 0 amide bonds. The fourth-order valence-corrected chi connectivity index (χ4v) is 2.29. The predicted octanol–water partition coefficient (Wildman–Crippen LogP) is 5.57. The van der Waals surface area contributed by atoms with E-state index in [9.17, 15) is 0 Å². The van der Waals surface area contributed by atoms with Crippen LogP contribution in [0, 0.1) is 18.3 Å². The molecular weight excluding hydrogens is 303 g/mol. The van der Waals surface area contributed by atoms with E-state index in [1.54, 1.807) is 24.3 Å². The lowest BCUT2D eigenvalue weighted by atomic mass is 10.2. The van der Waals surface area contributed by atoms with Gasteiger partial charge in [-0.05, 0) is 36.8 Å². The normalized spacial score (nSPS) is 10.1. The fourth-order valence-electron chi connectivity index (χ4n) is 1.60. The van der Waals surface area contributed by atoms with Gasteiger partial charge in [0.25, 0.3) is 0 Å². The maximum absolute atomic E-state index is 8.83. The first kappa shape index (κ1) is 14.0. The van der Waals surface area contributed by atoms with Crippen molar-refractivity contribution < 1.29 is 0 Å². The monoisotopic (exact) mass is 310 g/mol. The zero-order chi connectivity index (χ0) is 14.0. The Morgan fingerprint density at radius 3 is 2.42 bits per heavy atom. The zero-order valence-electron chi connectivity index (χ0n) is 9.97. The van der Waals surface area contributed by atoms with Gasteiger partial charge in [-0.1, -0.05) is 40.9 Å². The van der Waals surface area contributed by atoms with E-state index in [2.05, 4.69) is 5.32 Å². The molecule has 0 radical (unpaired) electrons. The van der Waals surface area contributed by atoms with Crippen LogP contribution in [-0.4, -0.2) is 0 Å². The highest BCUT2D eigenvalue weighted by Gasteiger charge is 2.09. The van der Waals surface area contributed by atoms with E-state index in [1.165, 1.54) is 0 Å². The standard InChI is InChI=1S/C14H9Cl3N2/c1-8-2-5-11(15)14(13(8)17)19-10-4-3-9(7-18)12(16)6-10/h2-6,19H,1H3. The van der Waals surface area contributed by atoms with E-state index in [-0.39, 0.29) is 0 Å². The second-order valence-electron chi connectivity index (χ2n) is 3.98. The van der Waals surface area contributed by atoms with E-state index in [4.69, 9.17) is 40.1 Å². The number of rotatable bonds is 2. The lowest BCUT2D eigenvalue weighted by Crippen LogP contribution is -1.94. The molecule has 0 aromatic heterocycles. The Bertz CT molecular complexity index is 675. The van der Waals surface area contributed by atoms with Crippen LogP contribution in [0.4, 0.5) is 11.4 Å². The van der Waals surface area contributed by atoms with E-state index >= 15 is 0 Å². The quantitative estimate of drug-likeness (QED) is 0.787. The first-order valence-corrected chi connectivity index (χ1v) is 6.57. The third-order valence-corrected chi connectivity index (χ3v) is 3.76. The van der Waals surface area contributed by atoms with Gasteiger partial charge in [0, 0.05) is 5.69 Å². The average Bonchev–Trinajstić information content (AvgIpc) is 2.39. The number of halogens is 3. The molecule has 2 rings (SSSR count). The van der Waals surface area contributed by atoms with Gasteiger partial charge in [0.15, 0.2) is 0 Å². The van der Waals surface area contributed by atoms with Crippen molar-refractivity contribution in [3.05, 3.63) is 56.5 Å². The first-order valence-electron chi connectivity index (χ1n) is 5.44. The zero-order valence-corrected chi connectivity index (χ0v) is 12.2. The Hall–Kier alpha value is -1.40. The highest BCUT2D eigenvalue weighted by molar-refractivity contribution is 6.39. The Kier molecular flexibility index (Phi) is 4.21. The summed E-state index contributed by atoms with van der Waals surface area (Å²) < 4.78 is 0. The van der Waals surface area contributed by atoms with Gasteiger partial charge in [0.05, 0.1) is 26.3 Å². The summed E-state index contributed by atoms with van der Waals surface area (Å²) in [6.45, 7) is 1.90. The smallest absolute Gasteiger partial charge is 0.101 e. The lowest BCUT2D eigenvalue weighted by molar-refractivity contribution is 1.44. The van der Waals surface area contributed by atoms with Crippen LogP contribution in [0.3, 0.4) is 0 Å². The Morgan fingerprint density at radius 1 is 1.05 bits per heavy atom. The lowest BCUT2D eigenvalue weighted by Gasteiger charge is -2.12. The molecule has 0 aliphatic heterocycles. The van der Waals surface area contributed by atoms with Crippen molar-refractivity contribution in [1.29, 1.82) is 5.26 Å². The number of aryl methyl sites for hydroxylation is 1. The van der Waals surface area contributed by atoms with Crippen molar-refractivity contribution in [3.8, 4) is 6.07 Å². The minimum absolute atomic E-state index is 0.382. The number of nitrogens with one attached hydrogen (secondary N) is 1. The summed E-state index contributed by atoms with van der Waals surface area (Å²) in [5.74, 6) is 0. The second-order valence-corrected chi connectivity index (χ2v) is 5.18. The fraction of sp³-hybridized carbons (Fsp3) is 0.0714. The third kappa shape index (κ3) is 2.96. The summed E-state index contributed by atoms with van der Waals surface area (Å²) in [5.41, 5.74) is 2.70. The summed E-state index contributed by atoms with van der Waals surface area (Å²) in [6, 6.07) is 10.7. The first-order chi connectivity index (χ1) is 9.02. The molecule has 2 aromatic carbocycles. The Balaban J connectivity index is 2.40. The van der Waals surface area contributed by atoms with Crippen LogP contribution < -0.4 is 5.32 Å². The van der Waals surface area contributed by atoms with Gasteiger partial charge < -0.3 is 5.32 Å². The van der Waals surface area contributed by atoms with Crippen molar-refractivity contribution in [3.63, 3.8) is 0 Å². The van der Waals surface area contributed by atoms with Gasteiger partial charge in [-0.15, -0.1) is 0 Å². The third-order valence-electron chi connectivity index (χ3n) is 2.64. The molecule has 0 saturated carbocycles. The van der Waals surface area contributed by atoms with E-state index in [0.29, 0.717) is 26.3 Å². The minimum atomic E-state index is 0.382. The van der Waals surface area contributed by atoms with E-state index < -0.39 is 0 Å². The van der Waals surface area contributed by atoms with Crippen molar-refractivity contribution in [2.24, 2.45) is 0 Å². The molecule has 0 fully saturated rings. The van der Waals surface area contributed by atoms with E-state index in [0.717, 1.165) is 11.3 Å². The van der Waals surface area contributed by atoms with Gasteiger partial charge in [-0.25, -0.2) is 0 Å². The number of nitrogens with zero attached hydrogens (tertiary/aromatic N) is 1. The molecule has 0 aliphatic rings. The highest BCUT2D eigenvalue weighted by atomic mass is 35.5. The largest absolute Gasteiger partial charge is 0.353 e. The highest BCUT2D eigenvalue weighted by Crippen LogP contribution is 2.35. The molecule has 0 saturated heterocycles. The van der Waals surface area contributed by atoms with Crippen LogP contribution in [0.25, 0.3) is 0 Å². The summed E-state index contributed by atoms with van der Waals surface area (Å²) >= 11 is 18.3. The van der Waals surface area contributed by atoms with Gasteiger partial charge in [0.1, 0.15) is 6.07 Å². The second kappa shape index (κ2) is 5.71. The average molecular weight is 312 g/mol. The molecule has 0 unspecified atom stereocenters. The Labute approximate surface area is 126 Å². The van der Waals surface area contributed by atoms with Crippen molar-refractivity contribution >= 4 is 46.2 Å². The van der Waals surface area contributed by atoms with Crippen LogP contribution in [0.5, 0.6) is 0 Å². The summed E-state index contributed by atoms with van der Waals surface area (Å²) in [7, 11) is 0. The van der Waals surface area contributed by atoms with Gasteiger partial charge in [-0.2, -0.15) is 5.26 Å². The maximum Gasteiger partial charge on any atom is 0.101 e. The predicted molar refractivity (Wildman–Crippen MR) is 80.6 cm³/mol. The van der Waals surface area contributed by atoms with Crippen molar-refractivity contribution in [2.75, 3.05) is 5.32 Å². The molecular formula is C14H9Cl3N2. The van der Waals surface area contributed by atoms with Crippen LogP contribution in [0.1, 0.15) is 11.1 Å². The number of hydrogen-bond donors (Lipinski definition) is 1. The molecule has 0 atom stereocenters.